The van der Waals surface area contributed by atoms with Gasteiger partial charge in [0.1, 0.15) is 5.75 Å². The quantitative estimate of drug-likeness (QED) is 0.612. The molecule has 0 amide bonds. The highest BCUT2D eigenvalue weighted by Gasteiger charge is 2.25. The Labute approximate surface area is 143 Å². The molecule has 0 unspecified atom stereocenters. The minimum absolute atomic E-state index is 0.163. The monoisotopic (exact) mass is 347 g/mol. The van der Waals surface area contributed by atoms with E-state index in [0.29, 0.717) is 15.6 Å². The molecule has 0 saturated heterocycles. The average molecular weight is 348 g/mol. The number of cyclic esters (lactones) is 1. The number of benzene rings is 2. The molecule has 1 aliphatic rings. The fraction of sp³-hybridized carbons (Fsp3) is 0.0588. The van der Waals surface area contributed by atoms with Crippen molar-refractivity contribution in [1.29, 1.82) is 0 Å². The molecular formula is C17H11Cl2NO3. The van der Waals surface area contributed by atoms with E-state index >= 15 is 0 Å². The lowest BCUT2D eigenvalue weighted by molar-refractivity contribution is -0.129. The van der Waals surface area contributed by atoms with Crippen molar-refractivity contribution in [3.63, 3.8) is 0 Å². The average Bonchev–Trinajstić information content (AvgIpc) is 2.88. The molecule has 23 heavy (non-hydrogen) atoms. The van der Waals surface area contributed by atoms with Crippen LogP contribution in [0.25, 0.3) is 6.08 Å². The molecule has 0 fully saturated rings. The molecule has 6 heteroatoms. The van der Waals surface area contributed by atoms with Crippen LogP contribution in [0.5, 0.6) is 5.75 Å². The van der Waals surface area contributed by atoms with E-state index in [9.17, 15) is 4.79 Å². The van der Waals surface area contributed by atoms with Crippen LogP contribution >= 0.6 is 23.2 Å². The van der Waals surface area contributed by atoms with Crippen molar-refractivity contribution < 1.29 is 14.3 Å². The Balaban J connectivity index is 1.92. The van der Waals surface area contributed by atoms with Crippen LogP contribution in [-0.2, 0) is 9.53 Å². The first-order valence-corrected chi connectivity index (χ1v) is 7.44. The Kier molecular flexibility index (Phi) is 4.37. The second kappa shape index (κ2) is 6.44. The molecule has 2 aromatic carbocycles. The fourth-order valence-electron chi connectivity index (χ4n) is 2.05. The van der Waals surface area contributed by atoms with Crippen LogP contribution in [0, 0.1) is 0 Å². The third kappa shape index (κ3) is 3.38. The first-order chi connectivity index (χ1) is 11.1. The minimum atomic E-state index is -0.526. The second-order valence-corrected chi connectivity index (χ2v) is 5.58. The van der Waals surface area contributed by atoms with Crippen LogP contribution in [0.4, 0.5) is 0 Å². The van der Waals surface area contributed by atoms with Gasteiger partial charge < -0.3 is 9.47 Å². The van der Waals surface area contributed by atoms with Gasteiger partial charge in [-0.1, -0.05) is 35.3 Å². The van der Waals surface area contributed by atoms with Crippen LogP contribution in [0.3, 0.4) is 0 Å². The maximum absolute atomic E-state index is 12.0. The van der Waals surface area contributed by atoms with Crippen molar-refractivity contribution in [2.24, 2.45) is 4.99 Å². The maximum Gasteiger partial charge on any atom is 0.363 e. The molecule has 0 atom stereocenters. The summed E-state index contributed by atoms with van der Waals surface area (Å²) < 4.78 is 10.3. The molecule has 0 spiro atoms. The van der Waals surface area contributed by atoms with Crippen molar-refractivity contribution in [2.75, 3.05) is 7.11 Å². The molecule has 4 nitrogen and oxygen atoms in total. The summed E-state index contributed by atoms with van der Waals surface area (Å²) in [4.78, 5) is 16.2. The summed E-state index contributed by atoms with van der Waals surface area (Å²) in [5.74, 6) is 0.372. The van der Waals surface area contributed by atoms with Crippen LogP contribution in [0.15, 0.2) is 53.2 Å². The van der Waals surface area contributed by atoms with Gasteiger partial charge in [0, 0.05) is 5.02 Å². The number of rotatable bonds is 3. The van der Waals surface area contributed by atoms with E-state index in [4.69, 9.17) is 32.7 Å². The summed E-state index contributed by atoms with van der Waals surface area (Å²) in [6.45, 7) is 0. The predicted octanol–water partition coefficient (Wildman–Crippen LogP) is 4.35. The summed E-state index contributed by atoms with van der Waals surface area (Å²) in [6, 6.07) is 12.1. The van der Waals surface area contributed by atoms with Crippen molar-refractivity contribution in [2.45, 2.75) is 0 Å². The predicted molar refractivity (Wildman–Crippen MR) is 90.1 cm³/mol. The number of halogens is 2. The lowest BCUT2D eigenvalue weighted by Crippen LogP contribution is -2.05. The zero-order valence-electron chi connectivity index (χ0n) is 12.0. The smallest absolute Gasteiger partial charge is 0.363 e. The number of hydrogen-bond acceptors (Lipinski definition) is 4. The highest BCUT2D eigenvalue weighted by Crippen LogP contribution is 2.26. The third-order valence-corrected chi connectivity index (χ3v) is 3.75. The van der Waals surface area contributed by atoms with Crippen molar-refractivity contribution in [3.8, 4) is 5.75 Å². The number of methoxy groups -OCH3 is 1. The lowest BCUT2D eigenvalue weighted by Gasteiger charge is -2.02. The van der Waals surface area contributed by atoms with Gasteiger partial charge in [-0.2, -0.15) is 0 Å². The molecule has 0 aromatic heterocycles. The number of esters is 1. The second-order valence-electron chi connectivity index (χ2n) is 4.73. The fourth-order valence-corrected chi connectivity index (χ4v) is 2.53. The Morgan fingerprint density at radius 1 is 1.13 bits per heavy atom. The van der Waals surface area contributed by atoms with Crippen LogP contribution < -0.4 is 4.74 Å². The van der Waals surface area contributed by atoms with Gasteiger partial charge in [-0.25, -0.2) is 9.79 Å². The summed E-state index contributed by atoms with van der Waals surface area (Å²) >= 11 is 12.0. The van der Waals surface area contributed by atoms with E-state index in [2.05, 4.69) is 4.99 Å². The van der Waals surface area contributed by atoms with E-state index in [1.807, 2.05) is 12.1 Å². The zero-order chi connectivity index (χ0) is 16.4. The Morgan fingerprint density at radius 3 is 2.52 bits per heavy atom. The number of hydrogen-bond donors (Lipinski definition) is 0. The minimum Gasteiger partial charge on any atom is -0.497 e. The van der Waals surface area contributed by atoms with E-state index in [1.165, 1.54) is 0 Å². The summed E-state index contributed by atoms with van der Waals surface area (Å²) in [5, 5.41) is 0.868. The number of carbonyl (C=O) groups is 1. The molecule has 0 radical (unpaired) electrons. The molecular weight excluding hydrogens is 337 g/mol. The lowest BCUT2D eigenvalue weighted by atomic mass is 10.2. The van der Waals surface area contributed by atoms with Crippen molar-refractivity contribution in [3.05, 3.63) is 69.3 Å². The van der Waals surface area contributed by atoms with Gasteiger partial charge in [0.25, 0.3) is 0 Å². The van der Waals surface area contributed by atoms with Gasteiger partial charge in [-0.15, -0.1) is 0 Å². The van der Waals surface area contributed by atoms with Crippen molar-refractivity contribution >= 4 is 41.1 Å². The SMILES string of the molecule is COc1ccc(C=C2N=C(c3ccc(Cl)cc3Cl)OC2=O)cc1. The number of aliphatic imine (C=N–C) groups is 1. The van der Waals surface area contributed by atoms with Gasteiger partial charge in [0.2, 0.25) is 5.90 Å². The van der Waals surface area contributed by atoms with Gasteiger partial charge >= 0.3 is 5.97 Å². The Bertz CT molecular complexity index is 826. The molecule has 0 saturated carbocycles. The van der Waals surface area contributed by atoms with E-state index in [1.54, 1.807) is 43.5 Å². The summed E-state index contributed by atoms with van der Waals surface area (Å²) in [6.07, 6.45) is 1.64. The molecule has 0 aliphatic carbocycles. The molecule has 0 bridgehead atoms. The van der Waals surface area contributed by atoms with E-state index in [-0.39, 0.29) is 11.6 Å². The van der Waals surface area contributed by atoms with Crippen LogP contribution in [0.1, 0.15) is 11.1 Å². The molecule has 0 N–H and O–H groups in total. The first-order valence-electron chi connectivity index (χ1n) is 6.69. The van der Waals surface area contributed by atoms with Gasteiger partial charge in [0.05, 0.1) is 17.7 Å². The summed E-state index contributed by atoms with van der Waals surface area (Å²) in [7, 11) is 1.59. The van der Waals surface area contributed by atoms with Gasteiger partial charge in [-0.3, -0.25) is 0 Å². The number of ether oxygens (including phenoxy) is 2. The normalized spacial score (nSPS) is 15.5. The topological polar surface area (TPSA) is 47.9 Å². The summed E-state index contributed by atoms with van der Waals surface area (Å²) in [5.41, 5.74) is 1.53. The van der Waals surface area contributed by atoms with Crippen molar-refractivity contribution in [1.82, 2.24) is 0 Å². The van der Waals surface area contributed by atoms with E-state index < -0.39 is 5.97 Å². The Morgan fingerprint density at radius 2 is 1.87 bits per heavy atom. The Hall–Kier alpha value is -2.30. The van der Waals surface area contributed by atoms with Gasteiger partial charge in [-0.05, 0) is 42.0 Å². The molecule has 1 heterocycles. The standard InChI is InChI=1S/C17H11Cl2NO3/c1-22-12-5-2-10(3-6-12)8-15-17(21)23-16(20-15)13-7-4-11(18)9-14(13)19/h2-9H,1H3. The van der Waals surface area contributed by atoms with E-state index in [0.717, 1.165) is 11.3 Å². The zero-order valence-corrected chi connectivity index (χ0v) is 13.6. The first kappa shape index (κ1) is 15.6. The largest absolute Gasteiger partial charge is 0.497 e. The number of carbonyl (C=O) groups excluding carboxylic acids is 1. The maximum atomic E-state index is 12.0. The van der Waals surface area contributed by atoms with Crippen LogP contribution in [0.2, 0.25) is 10.0 Å². The third-order valence-electron chi connectivity index (χ3n) is 3.20. The van der Waals surface area contributed by atoms with Gasteiger partial charge in [0.15, 0.2) is 5.70 Å². The molecule has 1 aliphatic heterocycles. The molecule has 116 valence electrons. The molecule has 3 rings (SSSR count). The number of nitrogens with zero attached hydrogens (tertiary/aromatic N) is 1. The highest BCUT2D eigenvalue weighted by molar-refractivity contribution is 6.37. The van der Waals surface area contributed by atoms with Crippen LogP contribution in [-0.4, -0.2) is 19.0 Å². The highest BCUT2D eigenvalue weighted by atomic mass is 35.5. The molecule has 2 aromatic rings.